The smallest absolute Gasteiger partial charge is 0.341 e. The molecule has 146 valence electrons. The van der Waals surface area contributed by atoms with Gasteiger partial charge in [-0.1, -0.05) is 30.2 Å². The van der Waals surface area contributed by atoms with E-state index in [2.05, 4.69) is 0 Å². The molecule has 0 atom stereocenters. The Hall–Kier alpha value is -2.46. The summed E-state index contributed by atoms with van der Waals surface area (Å²) in [4.78, 5) is 12.7. The highest BCUT2D eigenvalue weighted by Crippen LogP contribution is 2.45. The van der Waals surface area contributed by atoms with Crippen LogP contribution in [0.1, 0.15) is 43.2 Å². The molecule has 0 radical (unpaired) electrons. The maximum atomic E-state index is 12.7. The molecule has 2 N–H and O–H groups in total. The van der Waals surface area contributed by atoms with Gasteiger partial charge in [0.25, 0.3) is 0 Å². The van der Waals surface area contributed by atoms with Crippen molar-refractivity contribution in [1.82, 2.24) is 0 Å². The van der Waals surface area contributed by atoms with Gasteiger partial charge in [-0.2, -0.15) is 0 Å². The molecule has 1 fully saturated rings. The summed E-state index contributed by atoms with van der Waals surface area (Å²) in [6.07, 6.45) is 4.79. The van der Waals surface area contributed by atoms with Crippen LogP contribution in [-0.4, -0.2) is 18.7 Å². The Bertz CT molecular complexity index is 974. The molecule has 1 aliphatic carbocycles. The highest BCUT2D eigenvalue weighted by atomic mass is 35.5. The lowest BCUT2D eigenvalue weighted by Gasteiger charge is -2.32. The minimum atomic E-state index is -0.630. The molecule has 5 heteroatoms. The Morgan fingerprint density at radius 2 is 1.86 bits per heavy atom. The van der Waals surface area contributed by atoms with Crippen molar-refractivity contribution >= 4 is 23.1 Å². The zero-order valence-corrected chi connectivity index (χ0v) is 16.9. The maximum absolute atomic E-state index is 12.7. The monoisotopic (exact) mass is 397 g/mol. The van der Waals surface area contributed by atoms with E-state index in [1.165, 1.54) is 0 Å². The molecule has 0 saturated heterocycles. The van der Waals surface area contributed by atoms with Crippen LogP contribution in [0.4, 0.5) is 0 Å². The zero-order valence-electron chi connectivity index (χ0n) is 16.2. The van der Waals surface area contributed by atoms with Crippen LogP contribution < -0.4 is 10.5 Å². The molecular formula is C23H24ClNO3. The predicted octanol–water partition coefficient (Wildman–Crippen LogP) is 5.25. The molecule has 0 unspecified atom stereocenters. The molecule has 28 heavy (non-hydrogen) atoms. The molecule has 0 amide bonds. The Kier molecular flexibility index (Phi) is 4.84. The number of hydrogen-bond acceptors (Lipinski definition) is 4. The summed E-state index contributed by atoms with van der Waals surface area (Å²) in [7, 11) is 1.64. The van der Waals surface area contributed by atoms with Gasteiger partial charge in [0.05, 0.1) is 18.4 Å². The molecule has 2 aliphatic rings. The van der Waals surface area contributed by atoms with Crippen LogP contribution in [0, 0.1) is 6.92 Å². The zero-order chi connectivity index (χ0) is 19.9. The van der Waals surface area contributed by atoms with Crippen molar-refractivity contribution in [2.24, 2.45) is 5.73 Å². The van der Waals surface area contributed by atoms with Crippen molar-refractivity contribution in [2.75, 3.05) is 7.11 Å². The fraction of sp³-hybridized carbons (Fsp3) is 0.348. The number of methoxy groups -OCH3 is 1. The lowest BCUT2D eigenvalue weighted by molar-refractivity contribution is -0.147. The molecule has 2 aromatic rings. The van der Waals surface area contributed by atoms with Gasteiger partial charge in [-0.3, -0.25) is 0 Å². The second-order valence-electron chi connectivity index (χ2n) is 7.61. The van der Waals surface area contributed by atoms with E-state index in [4.69, 9.17) is 26.8 Å². The third-order valence-electron chi connectivity index (χ3n) is 5.88. The number of ether oxygens (including phenoxy) is 2. The van der Waals surface area contributed by atoms with E-state index in [0.29, 0.717) is 16.3 Å². The average Bonchev–Trinajstić information content (AvgIpc) is 2.93. The summed E-state index contributed by atoms with van der Waals surface area (Å²) >= 11 is 6.63. The Morgan fingerprint density at radius 1 is 1.11 bits per heavy atom. The fourth-order valence-corrected chi connectivity index (χ4v) is 4.61. The van der Waals surface area contributed by atoms with E-state index in [9.17, 15) is 4.79 Å². The number of carbonyl (C=O) groups excluding carboxylic acids is 1. The lowest BCUT2D eigenvalue weighted by Crippen LogP contribution is -2.37. The first-order valence-corrected chi connectivity index (χ1v) is 10.0. The first-order valence-electron chi connectivity index (χ1n) is 9.64. The van der Waals surface area contributed by atoms with Gasteiger partial charge < -0.3 is 15.2 Å². The summed E-state index contributed by atoms with van der Waals surface area (Å²) in [6.45, 7) is 1.97. The van der Waals surface area contributed by atoms with Crippen LogP contribution >= 0.6 is 11.6 Å². The summed E-state index contributed by atoms with van der Waals surface area (Å²) in [5.41, 5.74) is 10.4. The molecule has 4 nitrogen and oxygen atoms in total. The Balaban J connectivity index is 1.79. The summed E-state index contributed by atoms with van der Waals surface area (Å²) in [5, 5.41) is 0.562. The molecule has 1 heterocycles. The largest absolute Gasteiger partial charge is 0.497 e. The number of hydrogen-bond donors (Lipinski definition) is 1. The quantitative estimate of drug-likeness (QED) is 0.718. The molecule has 2 aromatic carbocycles. The average molecular weight is 398 g/mol. The van der Waals surface area contributed by atoms with Crippen LogP contribution in [0.3, 0.4) is 0 Å². The van der Waals surface area contributed by atoms with Crippen LogP contribution in [0.15, 0.2) is 42.1 Å². The van der Waals surface area contributed by atoms with Crippen LogP contribution in [0.5, 0.6) is 5.75 Å². The van der Waals surface area contributed by atoms with Crippen molar-refractivity contribution < 1.29 is 14.3 Å². The molecule has 1 aliphatic heterocycles. The molecule has 1 spiro atoms. The highest BCUT2D eigenvalue weighted by Gasteiger charge is 2.47. The molecular weight excluding hydrogens is 374 g/mol. The van der Waals surface area contributed by atoms with Gasteiger partial charge in [-0.05, 0) is 73.6 Å². The van der Waals surface area contributed by atoms with Gasteiger partial charge in [-0.25, -0.2) is 4.79 Å². The van der Waals surface area contributed by atoms with E-state index in [0.717, 1.165) is 60.1 Å². The van der Waals surface area contributed by atoms with Crippen LogP contribution in [0.2, 0.25) is 5.02 Å². The van der Waals surface area contributed by atoms with E-state index in [-0.39, 0.29) is 5.97 Å². The van der Waals surface area contributed by atoms with Crippen molar-refractivity contribution in [1.29, 1.82) is 0 Å². The normalized spacial score (nSPS) is 18.5. The number of benzene rings is 2. The van der Waals surface area contributed by atoms with Gasteiger partial charge in [-0.15, -0.1) is 0 Å². The van der Waals surface area contributed by atoms with Crippen LogP contribution in [0.25, 0.3) is 16.7 Å². The molecule has 0 bridgehead atoms. The van der Waals surface area contributed by atoms with Gasteiger partial charge in [0, 0.05) is 10.6 Å². The SMILES string of the molecule is COc1cccc(-c2cc(C)c(C3=C(N)C4(CCCCC4)OC3=O)cc2Cl)c1. The number of rotatable bonds is 3. The van der Waals surface area contributed by atoms with Crippen molar-refractivity contribution in [3.63, 3.8) is 0 Å². The van der Waals surface area contributed by atoms with Gasteiger partial charge in [0.2, 0.25) is 0 Å². The molecule has 0 aromatic heterocycles. The second-order valence-corrected chi connectivity index (χ2v) is 8.02. The number of carbonyl (C=O) groups is 1. The number of esters is 1. The summed E-state index contributed by atoms with van der Waals surface area (Å²) in [6, 6.07) is 11.6. The third-order valence-corrected chi connectivity index (χ3v) is 6.19. The summed E-state index contributed by atoms with van der Waals surface area (Å²) < 4.78 is 11.1. The van der Waals surface area contributed by atoms with Gasteiger partial charge in [0.1, 0.15) is 5.75 Å². The predicted molar refractivity (Wildman–Crippen MR) is 111 cm³/mol. The number of halogens is 1. The third kappa shape index (κ3) is 3.06. The first kappa shape index (κ1) is 18.9. The fourth-order valence-electron chi connectivity index (χ4n) is 4.33. The number of nitrogens with two attached hydrogens (primary N) is 1. The van der Waals surface area contributed by atoms with Crippen molar-refractivity contribution in [2.45, 2.75) is 44.6 Å². The molecule has 1 saturated carbocycles. The van der Waals surface area contributed by atoms with E-state index < -0.39 is 5.60 Å². The maximum Gasteiger partial charge on any atom is 0.341 e. The highest BCUT2D eigenvalue weighted by molar-refractivity contribution is 6.34. The van der Waals surface area contributed by atoms with Crippen molar-refractivity contribution in [3.8, 4) is 16.9 Å². The Morgan fingerprint density at radius 3 is 2.57 bits per heavy atom. The van der Waals surface area contributed by atoms with Crippen LogP contribution in [-0.2, 0) is 9.53 Å². The topological polar surface area (TPSA) is 61.6 Å². The van der Waals surface area contributed by atoms with Gasteiger partial charge in [0.15, 0.2) is 5.60 Å². The first-order chi connectivity index (χ1) is 13.4. The minimum absolute atomic E-state index is 0.340. The summed E-state index contributed by atoms with van der Waals surface area (Å²) in [5.74, 6) is 0.425. The molecule has 4 rings (SSSR count). The van der Waals surface area contributed by atoms with Gasteiger partial charge >= 0.3 is 5.97 Å². The van der Waals surface area contributed by atoms with E-state index in [1.54, 1.807) is 7.11 Å². The Labute approximate surface area is 170 Å². The van der Waals surface area contributed by atoms with E-state index in [1.807, 2.05) is 43.3 Å². The van der Waals surface area contributed by atoms with Crippen molar-refractivity contribution in [3.05, 3.63) is 58.2 Å². The van der Waals surface area contributed by atoms with E-state index >= 15 is 0 Å². The minimum Gasteiger partial charge on any atom is -0.497 e. The lowest BCUT2D eigenvalue weighted by atomic mass is 9.81. The standard InChI is InChI=1S/C23H24ClNO3/c1-14-11-18(15-7-6-8-16(12-15)27-2)19(24)13-17(14)20-21(25)23(28-22(20)26)9-4-3-5-10-23/h6-8,11-13H,3-5,9-10,25H2,1-2H3. The number of aryl methyl sites for hydroxylation is 1. The second kappa shape index (κ2) is 7.17.